The van der Waals surface area contributed by atoms with Crippen molar-refractivity contribution in [2.24, 2.45) is 11.1 Å². The number of amides is 1. The van der Waals surface area contributed by atoms with Crippen LogP contribution in [0.15, 0.2) is 12.4 Å². The van der Waals surface area contributed by atoms with E-state index in [0.717, 1.165) is 12.6 Å². The Morgan fingerprint density at radius 1 is 1.68 bits per heavy atom. The van der Waals surface area contributed by atoms with Gasteiger partial charge in [-0.1, -0.05) is 6.92 Å². The molecule has 1 aromatic heterocycles. The van der Waals surface area contributed by atoms with Crippen LogP contribution in [0.2, 0.25) is 0 Å². The molecule has 1 aliphatic rings. The zero-order valence-electron chi connectivity index (χ0n) is 10.8. The van der Waals surface area contributed by atoms with E-state index in [-0.39, 0.29) is 23.6 Å². The van der Waals surface area contributed by atoms with Crippen LogP contribution in [0, 0.1) is 15.5 Å². The molecule has 0 spiro atoms. The highest BCUT2D eigenvalue weighted by Gasteiger charge is 2.34. The molecule has 1 fully saturated rings. The fourth-order valence-electron chi connectivity index (χ4n) is 2.18. The Labute approximate surface area is 110 Å². The minimum atomic E-state index is -0.532. The Bertz CT molecular complexity index is 500. The lowest BCUT2D eigenvalue weighted by Crippen LogP contribution is -2.36. The van der Waals surface area contributed by atoms with Crippen molar-refractivity contribution < 1.29 is 9.72 Å². The van der Waals surface area contributed by atoms with E-state index in [4.69, 9.17) is 5.73 Å². The predicted molar refractivity (Wildman–Crippen MR) is 67.2 cm³/mol. The van der Waals surface area contributed by atoms with Gasteiger partial charge in [0.05, 0.1) is 4.92 Å². The lowest BCUT2D eigenvalue weighted by atomic mass is 9.90. The van der Waals surface area contributed by atoms with Crippen LogP contribution in [-0.2, 0) is 11.3 Å². The molecule has 2 N–H and O–H groups in total. The molecular formula is C11H17N5O3. The highest BCUT2D eigenvalue weighted by Crippen LogP contribution is 2.28. The third-order valence-corrected chi connectivity index (χ3v) is 3.53. The van der Waals surface area contributed by atoms with Crippen molar-refractivity contribution in [3.05, 3.63) is 22.5 Å². The Kier molecular flexibility index (Phi) is 3.52. The second-order valence-corrected chi connectivity index (χ2v) is 5.23. The smallest absolute Gasteiger partial charge is 0.307 e. The quantitative estimate of drug-likeness (QED) is 0.609. The third-order valence-electron chi connectivity index (χ3n) is 3.53. The minimum absolute atomic E-state index is 0.0221. The van der Waals surface area contributed by atoms with E-state index in [0.29, 0.717) is 19.6 Å². The summed E-state index contributed by atoms with van der Waals surface area (Å²) >= 11 is 0. The normalized spacial score (nSPS) is 22.7. The van der Waals surface area contributed by atoms with Gasteiger partial charge >= 0.3 is 5.69 Å². The van der Waals surface area contributed by atoms with Gasteiger partial charge in [0.25, 0.3) is 0 Å². The summed E-state index contributed by atoms with van der Waals surface area (Å²) in [5.74, 6) is -0.0878. The lowest BCUT2D eigenvalue weighted by molar-refractivity contribution is -0.385. The van der Waals surface area contributed by atoms with E-state index in [1.165, 1.54) is 10.9 Å². The fourth-order valence-corrected chi connectivity index (χ4v) is 2.18. The average Bonchev–Trinajstić information content (AvgIpc) is 2.97. The van der Waals surface area contributed by atoms with Crippen molar-refractivity contribution in [1.82, 2.24) is 14.7 Å². The summed E-state index contributed by atoms with van der Waals surface area (Å²) in [6.45, 7) is 3.93. The third kappa shape index (κ3) is 2.90. The lowest BCUT2D eigenvalue weighted by Gasteiger charge is -2.22. The van der Waals surface area contributed by atoms with Gasteiger partial charge in [-0.15, -0.1) is 0 Å². The first-order chi connectivity index (χ1) is 8.93. The summed E-state index contributed by atoms with van der Waals surface area (Å²) < 4.78 is 1.29. The highest BCUT2D eigenvalue weighted by atomic mass is 16.6. The molecule has 0 saturated carbocycles. The molecule has 0 aromatic carbocycles. The first-order valence-electron chi connectivity index (χ1n) is 6.08. The number of aromatic nitrogens is 2. The summed E-state index contributed by atoms with van der Waals surface area (Å²) in [6, 6.07) is 0. The number of likely N-dealkylation sites (tertiary alicyclic amines) is 1. The van der Waals surface area contributed by atoms with Gasteiger partial charge in [0, 0.05) is 13.1 Å². The standard InChI is InChI=1S/C11H17N5O3/c1-11(7-12)2-3-14(8-11)10(17)6-15-5-9(4-13-15)16(18)19/h4-5H,2-3,6-8,12H2,1H3. The van der Waals surface area contributed by atoms with Crippen molar-refractivity contribution in [1.29, 1.82) is 0 Å². The second-order valence-electron chi connectivity index (χ2n) is 5.23. The Morgan fingerprint density at radius 2 is 2.42 bits per heavy atom. The summed E-state index contributed by atoms with van der Waals surface area (Å²) in [4.78, 5) is 23.8. The summed E-state index contributed by atoms with van der Waals surface area (Å²) in [6.07, 6.45) is 3.28. The number of nitro groups is 1. The molecule has 1 aromatic rings. The maximum Gasteiger partial charge on any atom is 0.307 e. The number of carbonyl (C=O) groups excluding carboxylic acids is 1. The van der Waals surface area contributed by atoms with Crippen molar-refractivity contribution in [3.8, 4) is 0 Å². The maximum absolute atomic E-state index is 12.1. The van der Waals surface area contributed by atoms with E-state index >= 15 is 0 Å². The molecule has 8 nitrogen and oxygen atoms in total. The van der Waals surface area contributed by atoms with Crippen molar-refractivity contribution >= 4 is 11.6 Å². The fraction of sp³-hybridized carbons (Fsp3) is 0.636. The molecule has 1 amide bonds. The van der Waals surface area contributed by atoms with Crippen LogP contribution in [0.5, 0.6) is 0 Å². The second kappa shape index (κ2) is 4.96. The van der Waals surface area contributed by atoms with E-state index in [1.807, 2.05) is 0 Å². The molecule has 2 rings (SSSR count). The van der Waals surface area contributed by atoms with Crippen molar-refractivity contribution in [2.75, 3.05) is 19.6 Å². The Hall–Kier alpha value is -1.96. The van der Waals surface area contributed by atoms with Crippen LogP contribution in [0.1, 0.15) is 13.3 Å². The molecule has 19 heavy (non-hydrogen) atoms. The van der Waals surface area contributed by atoms with Crippen LogP contribution in [0.3, 0.4) is 0 Å². The number of rotatable bonds is 4. The Balaban J connectivity index is 1.96. The van der Waals surface area contributed by atoms with Crippen molar-refractivity contribution in [2.45, 2.75) is 19.9 Å². The van der Waals surface area contributed by atoms with Crippen LogP contribution in [0.4, 0.5) is 5.69 Å². The van der Waals surface area contributed by atoms with E-state index in [1.54, 1.807) is 4.90 Å². The zero-order valence-corrected chi connectivity index (χ0v) is 10.8. The van der Waals surface area contributed by atoms with Gasteiger partial charge in [0.1, 0.15) is 18.9 Å². The largest absolute Gasteiger partial charge is 0.340 e. The minimum Gasteiger partial charge on any atom is -0.340 e. The van der Waals surface area contributed by atoms with Crippen LogP contribution in [-0.4, -0.2) is 45.1 Å². The van der Waals surface area contributed by atoms with Crippen LogP contribution < -0.4 is 5.73 Å². The van der Waals surface area contributed by atoms with Gasteiger partial charge in [-0.2, -0.15) is 5.10 Å². The number of nitrogens with two attached hydrogens (primary N) is 1. The molecule has 1 atom stereocenters. The van der Waals surface area contributed by atoms with Crippen LogP contribution in [0.25, 0.3) is 0 Å². The number of nitrogens with zero attached hydrogens (tertiary/aromatic N) is 4. The van der Waals surface area contributed by atoms with Gasteiger partial charge in [-0.25, -0.2) is 0 Å². The van der Waals surface area contributed by atoms with E-state index in [2.05, 4.69) is 12.0 Å². The number of hydrogen-bond acceptors (Lipinski definition) is 5. The average molecular weight is 267 g/mol. The molecule has 104 valence electrons. The first kappa shape index (κ1) is 13.5. The topological polar surface area (TPSA) is 107 Å². The predicted octanol–water partition coefficient (Wildman–Crippen LogP) is -0.0114. The van der Waals surface area contributed by atoms with Gasteiger partial charge in [-0.05, 0) is 18.4 Å². The van der Waals surface area contributed by atoms with Gasteiger partial charge in [-0.3, -0.25) is 19.6 Å². The summed E-state index contributed by atoms with van der Waals surface area (Å²) in [7, 11) is 0. The molecule has 2 heterocycles. The molecule has 1 saturated heterocycles. The zero-order chi connectivity index (χ0) is 14.0. The van der Waals surface area contributed by atoms with Gasteiger partial charge < -0.3 is 10.6 Å². The van der Waals surface area contributed by atoms with Gasteiger partial charge in [0.2, 0.25) is 5.91 Å². The molecule has 0 aliphatic carbocycles. The van der Waals surface area contributed by atoms with Crippen LogP contribution >= 0.6 is 0 Å². The first-order valence-corrected chi connectivity index (χ1v) is 6.08. The highest BCUT2D eigenvalue weighted by molar-refractivity contribution is 5.76. The van der Waals surface area contributed by atoms with Gasteiger partial charge in [0.15, 0.2) is 0 Å². The monoisotopic (exact) mass is 267 g/mol. The van der Waals surface area contributed by atoms with E-state index < -0.39 is 4.92 Å². The molecule has 1 aliphatic heterocycles. The number of hydrogen-bond donors (Lipinski definition) is 1. The molecule has 1 unspecified atom stereocenters. The van der Waals surface area contributed by atoms with E-state index in [9.17, 15) is 14.9 Å². The molecule has 8 heteroatoms. The maximum atomic E-state index is 12.1. The van der Waals surface area contributed by atoms with Crippen molar-refractivity contribution in [3.63, 3.8) is 0 Å². The SMILES string of the molecule is CC1(CN)CCN(C(=O)Cn2cc([N+](=O)[O-])cn2)C1. The molecule has 0 bridgehead atoms. The molecular weight excluding hydrogens is 250 g/mol. The molecule has 0 radical (unpaired) electrons. The summed E-state index contributed by atoms with van der Waals surface area (Å²) in [5, 5.41) is 14.3. The summed E-state index contributed by atoms with van der Waals surface area (Å²) in [5.41, 5.74) is 5.56. The number of carbonyl (C=O) groups is 1. The Morgan fingerprint density at radius 3 is 2.95 bits per heavy atom.